The van der Waals surface area contributed by atoms with Crippen LogP contribution in [0.2, 0.25) is 0 Å². The highest BCUT2D eigenvalue weighted by molar-refractivity contribution is 14.0. The summed E-state index contributed by atoms with van der Waals surface area (Å²) >= 11 is 0. The molecular weight excluding hydrogens is 471 g/mol. The first-order valence-corrected chi connectivity index (χ1v) is 9.41. The minimum Gasteiger partial charge on any atom is -0.357 e. The number of carbonyl (C=O) groups is 2. The number of aliphatic imine (C=N–C) groups is 1. The Hall–Kier alpha value is -1.91. The fourth-order valence-electron chi connectivity index (χ4n) is 2.51. The molecule has 2 amide bonds. The van der Waals surface area contributed by atoms with E-state index in [2.05, 4.69) is 20.6 Å². The predicted molar refractivity (Wildman–Crippen MR) is 124 cm³/mol. The van der Waals surface area contributed by atoms with E-state index in [1.54, 1.807) is 15.9 Å². The Bertz CT molecular complexity index is 649. The third-order valence-electron chi connectivity index (χ3n) is 3.94. The van der Waals surface area contributed by atoms with Crippen molar-refractivity contribution in [1.82, 2.24) is 20.1 Å². The number of nitrogens with one attached hydrogen (secondary N) is 2. The van der Waals surface area contributed by atoms with Gasteiger partial charge >= 0.3 is 0 Å². The van der Waals surface area contributed by atoms with Crippen molar-refractivity contribution in [1.29, 1.82) is 0 Å². The maximum Gasteiger partial charge on any atom is 0.242 e. The summed E-state index contributed by atoms with van der Waals surface area (Å²) in [5, 5.41) is 5.92. The van der Waals surface area contributed by atoms with Gasteiger partial charge in [-0.15, -0.1) is 24.0 Å². The van der Waals surface area contributed by atoms with Crippen LogP contribution in [0.3, 0.4) is 0 Å². The smallest absolute Gasteiger partial charge is 0.242 e. The maximum atomic E-state index is 12.3. The normalized spacial score (nSPS) is 10.7. The monoisotopic (exact) mass is 504 g/mol. The maximum absolute atomic E-state index is 12.3. The Morgan fingerprint density at radius 3 is 2.43 bits per heavy atom. The second-order valence-electron chi connectivity index (χ2n) is 6.12. The molecule has 0 saturated heterocycles. The van der Waals surface area contributed by atoms with Gasteiger partial charge in [-0.25, -0.2) is 4.98 Å². The molecular formula is C19H33IN6O2. The molecule has 28 heavy (non-hydrogen) atoms. The summed E-state index contributed by atoms with van der Waals surface area (Å²) in [4.78, 5) is 36.6. The van der Waals surface area contributed by atoms with Gasteiger partial charge in [0, 0.05) is 38.8 Å². The molecule has 0 aliphatic carbocycles. The van der Waals surface area contributed by atoms with E-state index in [1.807, 2.05) is 46.9 Å². The van der Waals surface area contributed by atoms with Gasteiger partial charge in [-0.3, -0.25) is 14.6 Å². The van der Waals surface area contributed by atoms with Gasteiger partial charge in [-0.05, 0) is 39.8 Å². The first kappa shape index (κ1) is 26.1. The van der Waals surface area contributed by atoms with Gasteiger partial charge in [-0.1, -0.05) is 6.07 Å². The molecule has 0 aromatic carbocycles. The number of amides is 2. The van der Waals surface area contributed by atoms with E-state index >= 15 is 0 Å². The summed E-state index contributed by atoms with van der Waals surface area (Å²) in [5.74, 6) is 1.06. The predicted octanol–water partition coefficient (Wildman–Crippen LogP) is 2.10. The molecule has 1 aromatic heterocycles. The van der Waals surface area contributed by atoms with Gasteiger partial charge in [0.1, 0.15) is 5.82 Å². The highest BCUT2D eigenvalue weighted by Crippen LogP contribution is 2.04. The lowest BCUT2D eigenvalue weighted by Crippen LogP contribution is -2.45. The number of aromatic nitrogens is 1. The third-order valence-corrected chi connectivity index (χ3v) is 3.94. The van der Waals surface area contributed by atoms with Crippen molar-refractivity contribution < 1.29 is 9.59 Å². The third kappa shape index (κ3) is 9.34. The van der Waals surface area contributed by atoms with Crippen molar-refractivity contribution in [2.45, 2.75) is 34.1 Å². The van der Waals surface area contributed by atoms with Crippen LogP contribution in [-0.4, -0.2) is 72.3 Å². The summed E-state index contributed by atoms with van der Waals surface area (Å²) in [6.07, 6.45) is 0.238. The zero-order valence-electron chi connectivity index (χ0n) is 17.5. The fourth-order valence-corrected chi connectivity index (χ4v) is 2.51. The molecule has 0 bridgehead atoms. The Labute approximate surface area is 185 Å². The number of hydrogen-bond donors (Lipinski definition) is 2. The largest absolute Gasteiger partial charge is 0.357 e. The highest BCUT2D eigenvalue weighted by Gasteiger charge is 2.15. The summed E-state index contributed by atoms with van der Waals surface area (Å²) in [6, 6.07) is 5.48. The molecule has 2 N–H and O–H groups in total. The van der Waals surface area contributed by atoms with E-state index in [-0.39, 0.29) is 48.8 Å². The average Bonchev–Trinajstić information content (AvgIpc) is 2.62. The van der Waals surface area contributed by atoms with Crippen molar-refractivity contribution in [3.8, 4) is 0 Å². The van der Waals surface area contributed by atoms with Crippen LogP contribution < -0.4 is 10.6 Å². The topological polar surface area (TPSA) is 89.9 Å². The lowest BCUT2D eigenvalue weighted by molar-refractivity contribution is -0.131. The zero-order valence-corrected chi connectivity index (χ0v) is 19.8. The van der Waals surface area contributed by atoms with Gasteiger partial charge in [0.15, 0.2) is 5.96 Å². The van der Waals surface area contributed by atoms with Gasteiger partial charge in [-0.2, -0.15) is 0 Å². The summed E-state index contributed by atoms with van der Waals surface area (Å²) in [5.41, 5.74) is 0.847. The molecule has 0 saturated carbocycles. The lowest BCUT2D eigenvalue weighted by atomic mass is 10.3. The minimum atomic E-state index is -0.144. The number of likely N-dealkylation sites (N-methyl/N-ethyl adjacent to an activating group) is 2. The Morgan fingerprint density at radius 2 is 1.86 bits per heavy atom. The Kier molecular flexibility index (Phi) is 13.2. The number of anilines is 1. The molecule has 1 aromatic rings. The van der Waals surface area contributed by atoms with Gasteiger partial charge in [0.25, 0.3) is 0 Å². The minimum absolute atomic E-state index is 0. The summed E-state index contributed by atoms with van der Waals surface area (Å²) in [7, 11) is 1.82. The number of pyridine rings is 1. The van der Waals surface area contributed by atoms with Crippen LogP contribution in [0.5, 0.6) is 0 Å². The number of rotatable bonds is 9. The van der Waals surface area contributed by atoms with Crippen LogP contribution in [0.1, 0.15) is 32.9 Å². The van der Waals surface area contributed by atoms with Crippen LogP contribution in [0.25, 0.3) is 0 Å². The van der Waals surface area contributed by atoms with Crippen LogP contribution in [0, 0.1) is 6.92 Å². The van der Waals surface area contributed by atoms with E-state index in [9.17, 15) is 9.59 Å². The van der Waals surface area contributed by atoms with Crippen molar-refractivity contribution >= 4 is 47.6 Å². The molecule has 0 atom stereocenters. The Balaban J connectivity index is 0.00000729. The molecule has 0 aliphatic heterocycles. The number of guanidine groups is 1. The molecule has 0 aliphatic rings. The average molecular weight is 504 g/mol. The van der Waals surface area contributed by atoms with E-state index in [4.69, 9.17) is 0 Å². The number of nitrogens with zero attached hydrogens (tertiary/aromatic N) is 4. The van der Waals surface area contributed by atoms with Gasteiger partial charge < -0.3 is 20.4 Å². The van der Waals surface area contributed by atoms with Crippen LogP contribution in [0.15, 0.2) is 23.2 Å². The first-order valence-electron chi connectivity index (χ1n) is 9.41. The van der Waals surface area contributed by atoms with E-state index < -0.39 is 0 Å². The molecule has 1 rings (SSSR count). The van der Waals surface area contributed by atoms with Crippen molar-refractivity contribution in [3.05, 3.63) is 23.9 Å². The number of hydrogen-bond acceptors (Lipinski definition) is 4. The van der Waals surface area contributed by atoms with Crippen molar-refractivity contribution in [2.24, 2.45) is 4.99 Å². The highest BCUT2D eigenvalue weighted by atomic mass is 127. The first-order chi connectivity index (χ1) is 12.9. The van der Waals surface area contributed by atoms with Crippen LogP contribution >= 0.6 is 24.0 Å². The SMILES string of the molecule is CCNC(=NCCC(=O)Nc1cccc(C)n1)N(C)CC(=O)N(CC)CC.I. The zero-order chi connectivity index (χ0) is 20.2. The quantitative estimate of drug-likeness (QED) is 0.306. The standard InChI is InChI=1S/C19H32N6O2.HI/c1-6-20-19(24(5)14-18(27)25(7-2)8-3)21-13-12-17(26)23-16-11-9-10-15(4)22-16;/h9-11H,6-8,12-14H2,1-5H3,(H,20,21)(H,22,23,26);1H. The lowest BCUT2D eigenvalue weighted by Gasteiger charge is -2.25. The fraction of sp³-hybridized carbons (Fsp3) is 0.579. The molecule has 0 fully saturated rings. The van der Waals surface area contributed by atoms with E-state index in [0.29, 0.717) is 38.0 Å². The Morgan fingerprint density at radius 1 is 1.18 bits per heavy atom. The van der Waals surface area contributed by atoms with Gasteiger partial charge in [0.2, 0.25) is 11.8 Å². The van der Waals surface area contributed by atoms with Crippen LogP contribution in [0.4, 0.5) is 5.82 Å². The second kappa shape index (κ2) is 14.1. The summed E-state index contributed by atoms with van der Waals surface area (Å²) < 4.78 is 0. The molecule has 0 radical (unpaired) electrons. The molecule has 0 spiro atoms. The number of aryl methyl sites for hydroxylation is 1. The molecule has 1 heterocycles. The van der Waals surface area contributed by atoms with Gasteiger partial charge in [0.05, 0.1) is 13.1 Å². The van der Waals surface area contributed by atoms with E-state index in [0.717, 1.165) is 5.69 Å². The number of carbonyl (C=O) groups excluding carboxylic acids is 2. The summed E-state index contributed by atoms with van der Waals surface area (Å²) in [6.45, 7) is 10.4. The van der Waals surface area contributed by atoms with Crippen LogP contribution in [-0.2, 0) is 9.59 Å². The molecule has 158 valence electrons. The van der Waals surface area contributed by atoms with Crippen molar-refractivity contribution in [3.63, 3.8) is 0 Å². The second-order valence-corrected chi connectivity index (χ2v) is 6.12. The van der Waals surface area contributed by atoms with Crippen molar-refractivity contribution in [2.75, 3.05) is 45.1 Å². The molecule has 8 nitrogen and oxygen atoms in total. The van der Waals surface area contributed by atoms with E-state index in [1.165, 1.54) is 0 Å². The molecule has 9 heteroatoms. The number of halogens is 1. The molecule has 0 unspecified atom stereocenters.